The van der Waals surface area contributed by atoms with Crippen LogP contribution >= 0.6 is 11.3 Å². The average molecular weight is 240 g/mol. The molecule has 0 saturated carbocycles. The van der Waals surface area contributed by atoms with E-state index in [1.54, 1.807) is 11.3 Å². The fourth-order valence-electron chi connectivity index (χ4n) is 2.26. The summed E-state index contributed by atoms with van der Waals surface area (Å²) in [4.78, 5) is 5.39. The number of rotatable bonds is 4. The number of aryl methyl sites for hydroxylation is 1. The summed E-state index contributed by atoms with van der Waals surface area (Å²) >= 11 is 1.62. The molecule has 1 unspecified atom stereocenters. The van der Waals surface area contributed by atoms with E-state index in [0.29, 0.717) is 5.13 Å². The van der Waals surface area contributed by atoms with Crippen LogP contribution in [-0.2, 0) is 11.2 Å². The smallest absolute Gasteiger partial charge is 0.180 e. The summed E-state index contributed by atoms with van der Waals surface area (Å²) in [7, 11) is 0. The lowest BCUT2D eigenvalue weighted by atomic mass is 9.94. The summed E-state index contributed by atoms with van der Waals surface area (Å²) in [5, 5.41) is 0.692. The largest absolute Gasteiger partial charge is 0.381 e. The lowest BCUT2D eigenvalue weighted by Gasteiger charge is -2.11. The zero-order chi connectivity index (χ0) is 11.2. The number of hydrogen-bond acceptors (Lipinski definition) is 4. The third-order valence-corrected chi connectivity index (χ3v) is 4.06. The second kappa shape index (κ2) is 6.21. The highest BCUT2D eigenvalue weighted by atomic mass is 32.1. The summed E-state index contributed by atoms with van der Waals surface area (Å²) < 4.78 is 5.47. The molecule has 90 valence electrons. The van der Waals surface area contributed by atoms with Crippen LogP contribution in [0.15, 0.2) is 6.20 Å². The van der Waals surface area contributed by atoms with E-state index in [0.717, 1.165) is 25.6 Å². The topological polar surface area (TPSA) is 48.1 Å². The van der Waals surface area contributed by atoms with Crippen LogP contribution in [0.1, 0.15) is 37.0 Å². The van der Waals surface area contributed by atoms with Crippen molar-refractivity contribution < 1.29 is 4.74 Å². The van der Waals surface area contributed by atoms with E-state index in [1.807, 2.05) is 6.20 Å². The average Bonchev–Trinajstić information content (AvgIpc) is 2.54. The van der Waals surface area contributed by atoms with E-state index in [1.165, 1.54) is 37.0 Å². The molecule has 1 aliphatic heterocycles. The van der Waals surface area contributed by atoms with Crippen LogP contribution in [0.4, 0.5) is 5.13 Å². The fraction of sp³-hybridized carbons (Fsp3) is 0.750. The van der Waals surface area contributed by atoms with Gasteiger partial charge in [0.2, 0.25) is 0 Å². The summed E-state index contributed by atoms with van der Waals surface area (Å²) in [6, 6.07) is 0. The molecule has 0 amide bonds. The molecule has 1 aliphatic rings. The maximum atomic E-state index is 5.60. The Morgan fingerprint density at radius 3 is 3.19 bits per heavy atom. The molecule has 1 atom stereocenters. The Kier molecular flexibility index (Phi) is 4.60. The lowest BCUT2D eigenvalue weighted by Crippen LogP contribution is -2.01. The SMILES string of the molecule is Nc1ncc(CCCC2CCCOCC2)s1. The van der Waals surface area contributed by atoms with Crippen LogP contribution in [0.3, 0.4) is 0 Å². The molecule has 4 heteroatoms. The van der Waals surface area contributed by atoms with Gasteiger partial charge in [-0.3, -0.25) is 0 Å². The van der Waals surface area contributed by atoms with E-state index in [2.05, 4.69) is 4.98 Å². The number of nitrogen functional groups attached to an aromatic ring is 1. The molecule has 2 rings (SSSR count). The zero-order valence-electron chi connectivity index (χ0n) is 9.65. The van der Waals surface area contributed by atoms with Crippen molar-refractivity contribution in [3.05, 3.63) is 11.1 Å². The molecule has 1 fully saturated rings. The molecule has 0 spiro atoms. The monoisotopic (exact) mass is 240 g/mol. The van der Waals surface area contributed by atoms with Crippen molar-refractivity contribution in [2.24, 2.45) is 5.92 Å². The van der Waals surface area contributed by atoms with Gasteiger partial charge in [0.15, 0.2) is 5.13 Å². The summed E-state index contributed by atoms with van der Waals surface area (Å²) in [5.74, 6) is 0.868. The summed E-state index contributed by atoms with van der Waals surface area (Å²) in [6.45, 7) is 1.92. The Labute approximate surface area is 101 Å². The highest BCUT2D eigenvalue weighted by molar-refractivity contribution is 7.15. The number of aromatic nitrogens is 1. The number of ether oxygens (including phenoxy) is 1. The van der Waals surface area contributed by atoms with Crippen LogP contribution in [0, 0.1) is 5.92 Å². The predicted octanol–water partition coefficient (Wildman–Crippen LogP) is 2.86. The first-order valence-corrected chi connectivity index (χ1v) is 6.94. The summed E-state index contributed by atoms with van der Waals surface area (Å²) in [5.41, 5.74) is 5.60. The van der Waals surface area contributed by atoms with Gasteiger partial charge < -0.3 is 10.5 Å². The van der Waals surface area contributed by atoms with Crippen LogP contribution in [0.25, 0.3) is 0 Å². The first kappa shape index (κ1) is 11.9. The highest BCUT2D eigenvalue weighted by Gasteiger charge is 2.12. The van der Waals surface area contributed by atoms with Crippen LogP contribution in [0.5, 0.6) is 0 Å². The predicted molar refractivity (Wildman–Crippen MR) is 67.6 cm³/mol. The normalized spacial score (nSPS) is 21.9. The Morgan fingerprint density at radius 2 is 2.38 bits per heavy atom. The molecule has 0 aliphatic carbocycles. The maximum Gasteiger partial charge on any atom is 0.180 e. The minimum Gasteiger partial charge on any atom is -0.381 e. The Bertz CT molecular complexity index is 306. The molecule has 1 aromatic heterocycles. The number of anilines is 1. The van der Waals surface area contributed by atoms with E-state index < -0.39 is 0 Å². The third-order valence-electron chi connectivity index (χ3n) is 3.18. The van der Waals surface area contributed by atoms with Gasteiger partial charge in [0.05, 0.1) is 0 Å². The minimum absolute atomic E-state index is 0.692. The Morgan fingerprint density at radius 1 is 1.44 bits per heavy atom. The number of nitrogens with zero attached hydrogens (tertiary/aromatic N) is 1. The van der Waals surface area contributed by atoms with E-state index in [9.17, 15) is 0 Å². The van der Waals surface area contributed by atoms with Gasteiger partial charge >= 0.3 is 0 Å². The van der Waals surface area contributed by atoms with Crippen molar-refractivity contribution in [1.29, 1.82) is 0 Å². The fourth-order valence-corrected chi connectivity index (χ4v) is 2.99. The van der Waals surface area contributed by atoms with Gasteiger partial charge in [-0.15, -0.1) is 11.3 Å². The first-order chi connectivity index (χ1) is 7.84. The Hall–Kier alpha value is -0.610. The second-order valence-electron chi connectivity index (χ2n) is 4.47. The quantitative estimate of drug-likeness (QED) is 0.880. The molecule has 0 radical (unpaired) electrons. The van der Waals surface area contributed by atoms with E-state index in [4.69, 9.17) is 10.5 Å². The van der Waals surface area contributed by atoms with E-state index in [-0.39, 0.29) is 0 Å². The first-order valence-electron chi connectivity index (χ1n) is 6.12. The van der Waals surface area contributed by atoms with Gasteiger partial charge in [-0.1, -0.05) is 6.42 Å². The summed E-state index contributed by atoms with van der Waals surface area (Å²) in [6.07, 6.45) is 9.43. The van der Waals surface area contributed by atoms with Crippen LogP contribution in [0.2, 0.25) is 0 Å². The van der Waals surface area contributed by atoms with Crippen molar-refractivity contribution in [1.82, 2.24) is 4.98 Å². The third kappa shape index (κ3) is 3.76. The van der Waals surface area contributed by atoms with Crippen molar-refractivity contribution >= 4 is 16.5 Å². The van der Waals surface area contributed by atoms with Gasteiger partial charge in [-0.2, -0.15) is 0 Å². The standard InChI is InChI=1S/C12H20N2OS/c13-12-14-9-11(16-12)5-1-3-10-4-2-7-15-8-6-10/h9-10H,1-8H2,(H2,13,14). The molecular formula is C12H20N2OS. The van der Waals surface area contributed by atoms with Crippen molar-refractivity contribution in [3.8, 4) is 0 Å². The number of thiazole rings is 1. The second-order valence-corrected chi connectivity index (χ2v) is 5.61. The molecule has 2 N–H and O–H groups in total. The van der Waals surface area contributed by atoms with Gasteiger partial charge in [0, 0.05) is 24.3 Å². The molecule has 3 nitrogen and oxygen atoms in total. The Balaban J connectivity index is 1.67. The minimum atomic E-state index is 0.692. The molecular weight excluding hydrogens is 220 g/mol. The maximum absolute atomic E-state index is 5.60. The van der Waals surface area contributed by atoms with Crippen molar-refractivity contribution in [2.45, 2.75) is 38.5 Å². The van der Waals surface area contributed by atoms with Crippen LogP contribution in [-0.4, -0.2) is 18.2 Å². The highest BCUT2D eigenvalue weighted by Crippen LogP contribution is 2.23. The molecule has 1 saturated heterocycles. The van der Waals surface area contributed by atoms with Gasteiger partial charge in [0.1, 0.15) is 0 Å². The van der Waals surface area contributed by atoms with Gasteiger partial charge in [-0.05, 0) is 38.0 Å². The number of hydrogen-bond donors (Lipinski definition) is 1. The van der Waals surface area contributed by atoms with Crippen molar-refractivity contribution in [3.63, 3.8) is 0 Å². The number of nitrogens with two attached hydrogens (primary N) is 1. The molecule has 1 aromatic rings. The lowest BCUT2D eigenvalue weighted by molar-refractivity contribution is 0.141. The molecule has 0 aromatic carbocycles. The zero-order valence-corrected chi connectivity index (χ0v) is 10.5. The van der Waals surface area contributed by atoms with E-state index >= 15 is 0 Å². The van der Waals surface area contributed by atoms with Gasteiger partial charge in [-0.25, -0.2) is 4.98 Å². The molecule has 16 heavy (non-hydrogen) atoms. The van der Waals surface area contributed by atoms with Gasteiger partial charge in [0.25, 0.3) is 0 Å². The van der Waals surface area contributed by atoms with Crippen LogP contribution < -0.4 is 5.73 Å². The molecule has 2 heterocycles. The molecule has 0 bridgehead atoms. The van der Waals surface area contributed by atoms with Crippen molar-refractivity contribution in [2.75, 3.05) is 18.9 Å².